The van der Waals surface area contributed by atoms with Crippen LogP contribution in [0.4, 0.5) is 0 Å². The van der Waals surface area contributed by atoms with Crippen LogP contribution in [0.2, 0.25) is 0 Å². The molecule has 56 valence electrons. The smallest absolute Gasteiger partial charge is 1.00 e. The first-order valence-electron chi connectivity index (χ1n) is 2.24. The molecule has 0 saturated carbocycles. The second-order valence-electron chi connectivity index (χ2n) is 1.89. The Morgan fingerprint density at radius 1 is 0.778 bits per heavy atom. The summed E-state index contributed by atoms with van der Waals surface area (Å²) in [7, 11) is 8.57. The van der Waals surface area contributed by atoms with Crippen LogP contribution in [-0.4, -0.2) is 34.0 Å². The van der Waals surface area contributed by atoms with Crippen molar-refractivity contribution in [2.75, 3.05) is 28.2 Å². The van der Waals surface area contributed by atoms with E-state index in [1.165, 1.54) is 0 Å². The van der Waals surface area contributed by atoms with Crippen molar-refractivity contribution in [2.45, 2.75) is 0 Å². The fourth-order valence-corrected chi connectivity index (χ4v) is 3.27. The van der Waals surface area contributed by atoms with Gasteiger partial charge >= 0.3 is 57.4 Å². The quantitative estimate of drug-likeness (QED) is 0.463. The molecule has 2 nitrogen and oxygen atoms in total. The molecular weight excluding hydrogens is 325 g/mol. The van der Waals surface area contributed by atoms with Crippen LogP contribution in [0, 0.1) is 0 Å². The van der Waals surface area contributed by atoms with E-state index in [1.54, 1.807) is 0 Å². The molecular formula is C4H12Cl2HfN2. The van der Waals surface area contributed by atoms with E-state index in [-0.39, 0.29) is 24.8 Å². The molecule has 0 saturated heterocycles. The maximum atomic E-state index is 2.32. The molecule has 0 aliphatic heterocycles. The zero-order valence-corrected chi connectivity index (χ0v) is 11.3. The second-order valence-corrected chi connectivity index (χ2v) is 9.03. The van der Waals surface area contributed by atoms with Crippen LogP contribution in [0.3, 0.4) is 0 Å². The van der Waals surface area contributed by atoms with Gasteiger partial charge in [0.05, 0.1) is 0 Å². The molecule has 0 aromatic rings. The number of rotatable bonds is 2. The van der Waals surface area contributed by atoms with Gasteiger partial charge in [-0.15, -0.1) is 0 Å². The average molecular weight is 338 g/mol. The molecule has 0 aromatic carbocycles. The molecule has 0 radical (unpaired) electrons. The van der Waals surface area contributed by atoms with Crippen molar-refractivity contribution in [3.63, 3.8) is 0 Å². The van der Waals surface area contributed by atoms with Crippen LogP contribution in [0.1, 0.15) is 0 Å². The van der Waals surface area contributed by atoms with E-state index in [0.29, 0.717) is 0 Å². The van der Waals surface area contributed by atoms with Crippen molar-refractivity contribution in [2.24, 2.45) is 0 Å². The van der Waals surface area contributed by atoms with Gasteiger partial charge in [-0.25, -0.2) is 0 Å². The standard InChI is InChI=1S/2C2H6N.2ClH.Hf/c2*1-3-2;;;/h2*1-2H3;2*1H;/q2*-1;;;+4/p-2. The third kappa shape index (κ3) is 17.6. The van der Waals surface area contributed by atoms with E-state index in [9.17, 15) is 0 Å². The van der Waals surface area contributed by atoms with Crippen molar-refractivity contribution in [1.82, 2.24) is 5.78 Å². The summed E-state index contributed by atoms with van der Waals surface area (Å²) >= 11 is -0.485. The minimum absolute atomic E-state index is 0. The topological polar surface area (TPSA) is 6.48 Å². The zero-order valence-electron chi connectivity index (χ0n) is 6.15. The number of halogens is 2. The first kappa shape index (κ1) is 16.8. The Kier molecular flexibility index (Phi) is 17.5. The zero-order chi connectivity index (χ0) is 5.86. The van der Waals surface area contributed by atoms with Gasteiger partial charge in [0.15, 0.2) is 0 Å². The first-order chi connectivity index (χ1) is 3.13. The van der Waals surface area contributed by atoms with Gasteiger partial charge in [-0.05, 0) is 0 Å². The van der Waals surface area contributed by atoms with Crippen LogP contribution in [-0.2, 0) is 23.5 Å². The van der Waals surface area contributed by atoms with Gasteiger partial charge in [0, 0.05) is 0 Å². The van der Waals surface area contributed by atoms with Crippen LogP contribution < -0.4 is 24.8 Å². The first-order valence-corrected chi connectivity index (χ1v) is 5.45. The van der Waals surface area contributed by atoms with Crippen molar-refractivity contribution in [3.05, 3.63) is 0 Å². The molecule has 0 fully saturated rings. The molecule has 0 rings (SSSR count). The van der Waals surface area contributed by atoms with Gasteiger partial charge in [-0.1, -0.05) is 0 Å². The van der Waals surface area contributed by atoms with E-state index >= 15 is 0 Å². The summed E-state index contributed by atoms with van der Waals surface area (Å²) in [6.07, 6.45) is 0. The summed E-state index contributed by atoms with van der Waals surface area (Å²) in [6.45, 7) is 0. The largest absolute Gasteiger partial charge is 1.00 e. The van der Waals surface area contributed by atoms with Crippen molar-refractivity contribution < 1.29 is 48.3 Å². The Bertz CT molecular complexity index is 45.8. The number of hydrogen-bond donors (Lipinski definition) is 0. The van der Waals surface area contributed by atoms with E-state index < -0.39 is 23.5 Å². The van der Waals surface area contributed by atoms with Gasteiger partial charge in [-0.3, -0.25) is 0 Å². The van der Waals surface area contributed by atoms with Crippen molar-refractivity contribution in [3.8, 4) is 0 Å². The molecule has 0 bridgehead atoms. The molecule has 9 heavy (non-hydrogen) atoms. The minimum Gasteiger partial charge on any atom is -1.00 e. The Balaban J connectivity index is -0.000000180. The molecule has 0 atom stereocenters. The normalized spacial score (nSPS) is 7.78. The van der Waals surface area contributed by atoms with Gasteiger partial charge in [0.2, 0.25) is 0 Å². The fourth-order valence-electron chi connectivity index (χ4n) is 0.400. The van der Waals surface area contributed by atoms with Crippen LogP contribution in [0.25, 0.3) is 0 Å². The summed E-state index contributed by atoms with van der Waals surface area (Å²) in [4.78, 5) is 0. The van der Waals surface area contributed by atoms with Gasteiger partial charge in [0.25, 0.3) is 0 Å². The molecule has 0 aromatic heterocycles. The summed E-state index contributed by atoms with van der Waals surface area (Å²) < 4.78 is 4.64. The number of hydrogen-bond acceptors (Lipinski definition) is 2. The molecule has 0 amide bonds. The molecule has 0 heterocycles. The average Bonchev–Trinajstić information content (AvgIpc) is 1.27. The molecule has 5 heteroatoms. The van der Waals surface area contributed by atoms with Gasteiger partial charge < -0.3 is 24.8 Å². The Hall–Kier alpha value is 1.37. The minimum atomic E-state index is -0.485. The van der Waals surface area contributed by atoms with E-state index in [0.717, 1.165) is 0 Å². The predicted octanol–water partition coefficient (Wildman–Crippen LogP) is -5.97. The third-order valence-corrected chi connectivity index (χ3v) is 3.27. The second kappa shape index (κ2) is 9.37. The monoisotopic (exact) mass is 338 g/mol. The van der Waals surface area contributed by atoms with Gasteiger partial charge in [-0.2, -0.15) is 0 Å². The van der Waals surface area contributed by atoms with Crippen LogP contribution >= 0.6 is 0 Å². The summed E-state index contributed by atoms with van der Waals surface area (Å²) in [5.41, 5.74) is 0. The predicted molar refractivity (Wildman–Crippen MR) is 27.4 cm³/mol. The molecule has 0 aliphatic carbocycles. The maximum absolute atomic E-state index is 2.32. The van der Waals surface area contributed by atoms with E-state index in [4.69, 9.17) is 0 Å². The summed E-state index contributed by atoms with van der Waals surface area (Å²) in [5.74, 6) is 0. The van der Waals surface area contributed by atoms with Crippen LogP contribution in [0.5, 0.6) is 0 Å². The Morgan fingerprint density at radius 2 is 1.00 bits per heavy atom. The molecule has 0 N–H and O–H groups in total. The Morgan fingerprint density at radius 3 is 1.00 bits per heavy atom. The van der Waals surface area contributed by atoms with E-state index in [2.05, 4.69) is 34.0 Å². The Labute approximate surface area is 81.9 Å². The summed E-state index contributed by atoms with van der Waals surface area (Å²) in [5, 5.41) is 0. The fraction of sp³-hybridized carbons (Fsp3) is 1.00. The number of nitrogens with zero attached hydrogens (tertiary/aromatic N) is 2. The maximum Gasteiger partial charge on any atom is -1.00 e. The molecule has 0 aliphatic rings. The molecule has 0 spiro atoms. The molecule has 0 unspecified atom stereocenters. The van der Waals surface area contributed by atoms with Crippen LogP contribution in [0.15, 0.2) is 0 Å². The third-order valence-electron chi connectivity index (χ3n) is 0.400. The van der Waals surface area contributed by atoms with Crippen molar-refractivity contribution in [1.29, 1.82) is 0 Å². The van der Waals surface area contributed by atoms with Gasteiger partial charge in [0.1, 0.15) is 0 Å². The SMILES string of the molecule is C[N](C)[Hf+2][N](C)C.[Cl-].[Cl-]. The van der Waals surface area contributed by atoms with E-state index in [1.807, 2.05) is 0 Å². The summed E-state index contributed by atoms with van der Waals surface area (Å²) in [6, 6.07) is 0. The van der Waals surface area contributed by atoms with Crippen molar-refractivity contribution >= 4 is 0 Å².